The van der Waals surface area contributed by atoms with Gasteiger partial charge in [-0.1, -0.05) is 0 Å². The largest absolute Gasteiger partial charge is 0.468 e. The molecule has 0 N–H and O–H groups in total. The molecule has 1 aromatic heterocycles. The summed E-state index contributed by atoms with van der Waals surface area (Å²) in [6.45, 7) is 4.84. The predicted octanol–water partition coefficient (Wildman–Crippen LogP) is 2.45. The third kappa shape index (κ3) is 3.44. The van der Waals surface area contributed by atoms with Crippen LogP contribution in [-0.2, 0) is 0 Å². The second kappa shape index (κ2) is 5.35. The molecule has 0 spiro atoms. The second-order valence-electron chi connectivity index (χ2n) is 3.14. The van der Waals surface area contributed by atoms with E-state index in [1.54, 1.807) is 6.26 Å². The monoisotopic (exact) mass is 198 g/mol. The molecule has 1 rings (SSSR count). The summed E-state index contributed by atoms with van der Waals surface area (Å²) in [5.74, 6) is 1.92. The van der Waals surface area contributed by atoms with Crippen molar-refractivity contribution in [2.45, 2.75) is 5.25 Å². The average Bonchev–Trinajstić information content (AvgIpc) is 2.54. The van der Waals surface area contributed by atoms with Crippen molar-refractivity contribution in [3.63, 3.8) is 0 Å². The highest BCUT2D eigenvalue weighted by Crippen LogP contribution is 2.28. The van der Waals surface area contributed by atoms with Gasteiger partial charge < -0.3 is 9.32 Å². The highest BCUT2D eigenvalue weighted by Gasteiger charge is 2.14. The Morgan fingerprint density at radius 1 is 1.62 bits per heavy atom. The lowest BCUT2D eigenvalue weighted by Crippen LogP contribution is -2.18. The Morgan fingerprint density at radius 2 is 2.38 bits per heavy atom. The fourth-order valence-electron chi connectivity index (χ4n) is 1.17. The maximum atomic E-state index is 5.37. The van der Waals surface area contributed by atoms with Crippen LogP contribution in [-0.4, -0.2) is 31.3 Å². The number of hydrogen-bond donors (Lipinski definition) is 0. The van der Waals surface area contributed by atoms with Crippen LogP contribution < -0.4 is 0 Å². The minimum absolute atomic E-state index is 0.405. The predicted molar refractivity (Wildman–Crippen MR) is 57.8 cm³/mol. The molecule has 1 aromatic rings. The first-order chi connectivity index (χ1) is 6.24. The van der Waals surface area contributed by atoms with Crippen LogP contribution in [0.2, 0.25) is 0 Å². The van der Waals surface area contributed by atoms with Crippen molar-refractivity contribution >= 4 is 11.8 Å². The molecule has 13 heavy (non-hydrogen) atoms. The molecule has 1 heterocycles. The number of thioether (sulfide) groups is 1. The zero-order valence-electron chi connectivity index (χ0n) is 8.19. The van der Waals surface area contributed by atoms with Crippen molar-refractivity contribution in [1.29, 1.82) is 0 Å². The van der Waals surface area contributed by atoms with Gasteiger partial charge in [-0.2, -0.15) is 0 Å². The van der Waals surface area contributed by atoms with Crippen molar-refractivity contribution in [2.24, 2.45) is 0 Å². The summed E-state index contributed by atoms with van der Waals surface area (Å²) in [7, 11) is 4.14. The second-order valence-corrected chi connectivity index (χ2v) is 4.45. The molecule has 0 saturated heterocycles. The van der Waals surface area contributed by atoms with E-state index in [2.05, 4.69) is 25.9 Å². The molecule has 0 amide bonds. The van der Waals surface area contributed by atoms with Gasteiger partial charge in [0.1, 0.15) is 5.76 Å². The number of furan rings is 1. The minimum Gasteiger partial charge on any atom is -0.468 e. The van der Waals surface area contributed by atoms with E-state index in [-0.39, 0.29) is 0 Å². The van der Waals surface area contributed by atoms with E-state index in [9.17, 15) is 0 Å². The van der Waals surface area contributed by atoms with Crippen molar-refractivity contribution < 1.29 is 4.42 Å². The Morgan fingerprint density at radius 3 is 2.85 bits per heavy atom. The molecule has 1 unspecified atom stereocenters. The maximum Gasteiger partial charge on any atom is 0.118 e. The molecule has 0 fully saturated rings. The number of rotatable bonds is 5. The van der Waals surface area contributed by atoms with Gasteiger partial charge in [0.2, 0.25) is 0 Å². The van der Waals surface area contributed by atoms with Crippen molar-refractivity contribution in [2.75, 3.05) is 26.4 Å². The summed E-state index contributed by atoms with van der Waals surface area (Å²) in [5, 5.41) is 0.405. The van der Waals surface area contributed by atoms with Crippen LogP contribution in [0.25, 0.3) is 0 Å². The first-order valence-corrected chi connectivity index (χ1v) is 5.38. The molecular formula is C10H16NOS. The molecule has 0 aliphatic rings. The lowest BCUT2D eigenvalue weighted by atomic mass is 10.3. The van der Waals surface area contributed by atoms with E-state index >= 15 is 0 Å². The number of hydrogen-bond acceptors (Lipinski definition) is 3. The fraction of sp³-hybridized carbons (Fsp3) is 0.500. The van der Waals surface area contributed by atoms with Crippen LogP contribution >= 0.6 is 11.8 Å². The van der Waals surface area contributed by atoms with E-state index in [0.29, 0.717) is 5.25 Å². The van der Waals surface area contributed by atoms with Crippen LogP contribution in [0, 0.1) is 6.92 Å². The molecule has 0 aliphatic carbocycles. The Labute approximate surface area is 84.3 Å². The van der Waals surface area contributed by atoms with Crippen molar-refractivity contribution in [1.82, 2.24) is 4.90 Å². The van der Waals surface area contributed by atoms with Crippen LogP contribution in [0.4, 0.5) is 0 Å². The average molecular weight is 198 g/mol. The summed E-state index contributed by atoms with van der Waals surface area (Å²) in [5.41, 5.74) is 0. The quantitative estimate of drug-likeness (QED) is 0.723. The standard InChI is InChI=1S/C10H16NOS/c1-4-13-10(8-11(2)3)9-6-5-7-12-9/h5-7,10H,1,4,8H2,2-3H3. The van der Waals surface area contributed by atoms with Gasteiger partial charge in [-0.3, -0.25) is 0 Å². The molecule has 0 aliphatic heterocycles. The van der Waals surface area contributed by atoms with Gasteiger partial charge in [-0.15, -0.1) is 11.8 Å². The molecule has 3 heteroatoms. The third-order valence-electron chi connectivity index (χ3n) is 1.71. The van der Waals surface area contributed by atoms with Gasteiger partial charge in [0.25, 0.3) is 0 Å². The summed E-state index contributed by atoms with van der Waals surface area (Å²) >= 11 is 1.82. The summed E-state index contributed by atoms with van der Waals surface area (Å²) < 4.78 is 5.37. The van der Waals surface area contributed by atoms with E-state index in [1.165, 1.54) is 0 Å². The number of nitrogens with zero attached hydrogens (tertiary/aromatic N) is 1. The topological polar surface area (TPSA) is 16.4 Å². The van der Waals surface area contributed by atoms with E-state index in [4.69, 9.17) is 4.42 Å². The van der Waals surface area contributed by atoms with E-state index in [0.717, 1.165) is 18.1 Å². The lowest BCUT2D eigenvalue weighted by molar-refractivity contribution is 0.385. The Balaban J connectivity index is 2.57. The van der Waals surface area contributed by atoms with Gasteiger partial charge in [0.05, 0.1) is 11.5 Å². The molecule has 73 valence electrons. The van der Waals surface area contributed by atoms with Gasteiger partial charge >= 0.3 is 0 Å². The van der Waals surface area contributed by atoms with E-state index < -0.39 is 0 Å². The summed E-state index contributed by atoms with van der Waals surface area (Å²) in [4.78, 5) is 2.16. The van der Waals surface area contributed by atoms with Crippen molar-refractivity contribution in [3.8, 4) is 0 Å². The van der Waals surface area contributed by atoms with Gasteiger partial charge in [0.15, 0.2) is 0 Å². The Kier molecular flexibility index (Phi) is 4.39. The maximum absolute atomic E-state index is 5.37. The zero-order chi connectivity index (χ0) is 9.68. The first kappa shape index (κ1) is 10.7. The minimum atomic E-state index is 0.405. The summed E-state index contributed by atoms with van der Waals surface area (Å²) in [6, 6.07) is 3.96. The van der Waals surface area contributed by atoms with E-state index in [1.807, 2.05) is 23.9 Å². The molecular weight excluding hydrogens is 182 g/mol. The smallest absolute Gasteiger partial charge is 0.118 e. The molecule has 1 atom stereocenters. The molecule has 2 nitrogen and oxygen atoms in total. The molecule has 0 bridgehead atoms. The summed E-state index contributed by atoms with van der Waals surface area (Å²) in [6.07, 6.45) is 1.72. The third-order valence-corrected chi connectivity index (χ3v) is 2.73. The lowest BCUT2D eigenvalue weighted by Gasteiger charge is -2.17. The molecule has 1 radical (unpaired) electrons. The van der Waals surface area contributed by atoms with Gasteiger partial charge in [-0.05, 0) is 38.9 Å². The Bertz CT molecular complexity index is 221. The normalized spacial score (nSPS) is 13.5. The van der Waals surface area contributed by atoms with Crippen LogP contribution in [0.15, 0.2) is 22.8 Å². The molecule has 0 aromatic carbocycles. The van der Waals surface area contributed by atoms with Crippen LogP contribution in [0.5, 0.6) is 0 Å². The zero-order valence-corrected chi connectivity index (χ0v) is 9.01. The fourth-order valence-corrected chi connectivity index (χ4v) is 2.16. The van der Waals surface area contributed by atoms with Crippen LogP contribution in [0.1, 0.15) is 11.0 Å². The highest BCUT2D eigenvalue weighted by atomic mass is 32.2. The Hall–Kier alpha value is -0.410. The van der Waals surface area contributed by atoms with Gasteiger partial charge in [-0.25, -0.2) is 0 Å². The van der Waals surface area contributed by atoms with Crippen molar-refractivity contribution in [3.05, 3.63) is 31.1 Å². The first-order valence-electron chi connectivity index (χ1n) is 4.33. The van der Waals surface area contributed by atoms with Crippen LogP contribution in [0.3, 0.4) is 0 Å². The molecule has 0 saturated carbocycles. The number of likely N-dealkylation sites (N-methyl/N-ethyl adjacent to an activating group) is 1. The highest BCUT2D eigenvalue weighted by molar-refractivity contribution is 7.99. The SMILES string of the molecule is [CH2]CSC(CN(C)C)c1ccco1. The van der Waals surface area contributed by atoms with Gasteiger partial charge in [0, 0.05) is 6.54 Å².